The fourth-order valence-corrected chi connectivity index (χ4v) is 1.60. The summed E-state index contributed by atoms with van der Waals surface area (Å²) in [6.07, 6.45) is 6.54. The van der Waals surface area contributed by atoms with E-state index in [1.807, 2.05) is 17.8 Å². The molecule has 0 spiro atoms. The van der Waals surface area contributed by atoms with Gasteiger partial charge in [0.25, 0.3) is 5.91 Å². The SMILES string of the molecule is CNc1cnc(C(=O)N(C)Cc2nccn2C)cn1. The van der Waals surface area contributed by atoms with Gasteiger partial charge in [0.2, 0.25) is 0 Å². The third-order valence-corrected chi connectivity index (χ3v) is 2.77. The largest absolute Gasteiger partial charge is 0.372 e. The quantitative estimate of drug-likeness (QED) is 0.867. The standard InChI is InChI=1S/C12H16N6O/c1-13-10-7-15-9(6-16-10)12(19)18(3)8-11-14-4-5-17(11)2/h4-7H,8H2,1-3H3,(H,13,16). The zero-order valence-electron chi connectivity index (χ0n) is 11.2. The van der Waals surface area contributed by atoms with Crippen molar-refractivity contribution in [3.63, 3.8) is 0 Å². The number of imidazole rings is 1. The molecule has 0 fully saturated rings. The Morgan fingerprint density at radius 2 is 2.16 bits per heavy atom. The lowest BCUT2D eigenvalue weighted by Crippen LogP contribution is -2.28. The molecule has 1 N–H and O–H groups in total. The summed E-state index contributed by atoms with van der Waals surface area (Å²) in [5, 5.41) is 2.85. The molecule has 7 heteroatoms. The Bertz CT molecular complexity index is 562. The van der Waals surface area contributed by atoms with Gasteiger partial charge in [0.1, 0.15) is 17.3 Å². The van der Waals surface area contributed by atoms with E-state index in [1.54, 1.807) is 25.2 Å². The molecule has 1 amide bonds. The zero-order chi connectivity index (χ0) is 13.8. The van der Waals surface area contributed by atoms with Crippen LogP contribution in [0.15, 0.2) is 24.8 Å². The van der Waals surface area contributed by atoms with Crippen LogP contribution in [0.4, 0.5) is 5.82 Å². The number of carbonyl (C=O) groups excluding carboxylic acids is 1. The minimum atomic E-state index is -0.182. The fourth-order valence-electron chi connectivity index (χ4n) is 1.60. The van der Waals surface area contributed by atoms with Gasteiger partial charge in [-0.1, -0.05) is 0 Å². The molecular weight excluding hydrogens is 244 g/mol. The number of rotatable bonds is 4. The maximum absolute atomic E-state index is 12.1. The molecule has 2 rings (SSSR count). The lowest BCUT2D eigenvalue weighted by Gasteiger charge is -2.16. The third kappa shape index (κ3) is 2.87. The predicted octanol–water partition coefficient (Wildman–Crippen LogP) is 0.524. The van der Waals surface area contributed by atoms with Crippen molar-refractivity contribution < 1.29 is 4.79 Å². The predicted molar refractivity (Wildman–Crippen MR) is 70.6 cm³/mol. The number of carbonyl (C=O) groups is 1. The molecule has 0 saturated heterocycles. The van der Waals surface area contributed by atoms with E-state index < -0.39 is 0 Å². The second-order valence-corrected chi connectivity index (χ2v) is 4.15. The first-order valence-electron chi connectivity index (χ1n) is 5.83. The van der Waals surface area contributed by atoms with Gasteiger partial charge in [-0.05, 0) is 0 Å². The summed E-state index contributed by atoms with van der Waals surface area (Å²) in [4.78, 5) is 26.0. The highest BCUT2D eigenvalue weighted by Crippen LogP contribution is 2.06. The van der Waals surface area contributed by atoms with Gasteiger partial charge in [-0.3, -0.25) is 4.79 Å². The number of anilines is 1. The Kier molecular flexibility index (Phi) is 3.74. The second-order valence-electron chi connectivity index (χ2n) is 4.15. The molecule has 19 heavy (non-hydrogen) atoms. The Hall–Kier alpha value is -2.44. The van der Waals surface area contributed by atoms with Crippen molar-refractivity contribution in [2.24, 2.45) is 7.05 Å². The maximum Gasteiger partial charge on any atom is 0.274 e. The van der Waals surface area contributed by atoms with Crippen LogP contribution in [-0.4, -0.2) is 44.4 Å². The molecule has 0 aliphatic heterocycles. The van der Waals surface area contributed by atoms with Crippen molar-refractivity contribution >= 4 is 11.7 Å². The molecule has 2 aromatic rings. The first kappa shape index (κ1) is 13.0. The minimum absolute atomic E-state index is 0.182. The van der Waals surface area contributed by atoms with Crippen molar-refractivity contribution in [2.75, 3.05) is 19.4 Å². The average Bonchev–Trinajstić information content (AvgIpc) is 2.83. The number of nitrogens with zero attached hydrogens (tertiary/aromatic N) is 5. The average molecular weight is 260 g/mol. The number of hydrogen-bond donors (Lipinski definition) is 1. The molecule has 0 bridgehead atoms. The summed E-state index contributed by atoms with van der Waals surface area (Å²) < 4.78 is 1.87. The molecular formula is C12H16N6O. The Balaban J connectivity index is 2.08. The molecule has 0 aliphatic carbocycles. The summed E-state index contributed by atoms with van der Waals surface area (Å²) in [5.74, 6) is 1.26. The van der Waals surface area contributed by atoms with Crippen molar-refractivity contribution in [2.45, 2.75) is 6.54 Å². The van der Waals surface area contributed by atoms with Gasteiger partial charge in [-0.15, -0.1) is 0 Å². The lowest BCUT2D eigenvalue weighted by atomic mass is 10.3. The van der Waals surface area contributed by atoms with E-state index in [0.717, 1.165) is 5.82 Å². The number of aryl methyl sites for hydroxylation is 1. The van der Waals surface area contributed by atoms with Gasteiger partial charge in [0.15, 0.2) is 0 Å². The molecule has 0 radical (unpaired) electrons. The third-order valence-electron chi connectivity index (χ3n) is 2.77. The van der Waals surface area contributed by atoms with Crippen LogP contribution >= 0.6 is 0 Å². The van der Waals surface area contributed by atoms with E-state index in [4.69, 9.17) is 0 Å². The van der Waals surface area contributed by atoms with Crippen molar-refractivity contribution in [1.29, 1.82) is 0 Å². The molecule has 0 aromatic carbocycles. The van der Waals surface area contributed by atoms with E-state index >= 15 is 0 Å². The molecule has 0 atom stereocenters. The smallest absolute Gasteiger partial charge is 0.274 e. The van der Waals surface area contributed by atoms with Crippen LogP contribution in [0, 0.1) is 0 Å². The monoisotopic (exact) mass is 260 g/mol. The maximum atomic E-state index is 12.1. The van der Waals surface area contributed by atoms with Gasteiger partial charge < -0.3 is 14.8 Å². The summed E-state index contributed by atoms with van der Waals surface area (Å²) in [7, 11) is 5.35. The van der Waals surface area contributed by atoms with Crippen LogP contribution in [-0.2, 0) is 13.6 Å². The molecule has 2 aromatic heterocycles. The molecule has 100 valence electrons. The zero-order valence-corrected chi connectivity index (χ0v) is 11.2. The lowest BCUT2D eigenvalue weighted by molar-refractivity contribution is 0.0774. The van der Waals surface area contributed by atoms with E-state index in [1.165, 1.54) is 12.4 Å². The van der Waals surface area contributed by atoms with Crippen LogP contribution in [0.3, 0.4) is 0 Å². The van der Waals surface area contributed by atoms with Crippen molar-refractivity contribution in [3.8, 4) is 0 Å². The Labute approximate surface area is 111 Å². The van der Waals surface area contributed by atoms with E-state index in [0.29, 0.717) is 18.1 Å². The molecule has 0 aliphatic rings. The van der Waals surface area contributed by atoms with Gasteiger partial charge in [-0.25, -0.2) is 15.0 Å². The van der Waals surface area contributed by atoms with Crippen LogP contribution < -0.4 is 5.32 Å². The van der Waals surface area contributed by atoms with Crippen LogP contribution in [0.1, 0.15) is 16.3 Å². The number of nitrogens with one attached hydrogen (secondary N) is 1. The molecule has 7 nitrogen and oxygen atoms in total. The van der Waals surface area contributed by atoms with Crippen molar-refractivity contribution in [3.05, 3.63) is 36.3 Å². The van der Waals surface area contributed by atoms with Gasteiger partial charge >= 0.3 is 0 Å². The Morgan fingerprint density at radius 1 is 1.37 bits per heavy atom. The summed E-state index contributed by atoms with van der Waals surface area (Å²) >= 11 is 0. The summed E-state index contributed by atoms with van der Waals surface area (Å²) in [6.45, 7) is 0.428. The highest BCUT2D eigenvalue weighted by molar-refractivity contribution is 5.91. The van der Waals surface area contributed by atoms with Gasteiger partial charge in [0, 0.05) is 33.5 Å². The summed E-state index contributed by atoms with van der Waals surface area (Å²) in [6, 6.07) is 0. The number of amides is 1. The van der Waals surface area contributed by atoms with Gasteiger partial charge in [-0.2, -0.15) is 0 Å². The highest BCUT2D eigenvalue weighted by Gasteiger charge is 2.15. The topological polar surface area (TPSA) is 75.9 Å². The van der Waals surface area contributed by atoms with Crippen LogP contribution in [0.2, 0.25) is 0 Å². The van der Waals surface area contributed by atoms with E-state index in [-0.39, 0.29) is 5.91 Å². The fraction of sp³-hybridized carbons (Fsp3) is 0.333. The minimum Gasteiger partial charge on any atom is -0.372 e. The van der Waals surface area contributed by atoms with Crippen LogP contribution in [0.5, 0.6) is 0 Å². The molecule has 0 unspecified atom stereocenters. The Morgan fingerprint density at radius 3 is 2.68 bits per heavy atom. The molecule has 2 heterocycles. The van der Waals surface area contributed by atoms with E-state index in [2.05, 4.69) is 20.3 Å². The second kappa shape index (κ2) is 5.47. The first-order chi connectivity index (χ1) is 9.11. The summed E-state index contributed by atoms with van der Waals surface area (Å²) in [5.41, 5.74) is 0.315. The first-order valence-corrected chi connectivity index (χ1v) is 5.83. The normalized spacial score (nSPS) is 10.3. The number of aromatic nitrogens is 4. The molecule has 0 saturated carbocycles. The highest BCUT2D eigenvalue weighted by atomic mass is 16.2. The van der Waals surface area contributed by atoms with E-state index in [9.17, 15) is 4.79 Å². The van der Waals surface area contributed by atoms with Gasteiger partial charge in [0.05, 0.1) is 18.9 Å². The van der Waals surface area contributed by atoms with Crippen LogP contribution in [0.25, 0.3) is 0 Å². The number of hydrogen-bond acceptors (Lipinski definition) is 5. The van der Waals surface area contributed by atoms with Crippen molar-refractivity contribution in [1.82, 2.24) is 24.4 Å².